The van der Waals surface area contributed by atoms with Gasteiger partial charge in [-0.2, -0.15) is 0 Å². The maximum atomic E-state index is 13.6. The van der Waals surface area contributed by atoms with Crippen molar-refractivity contribution in [3.63, 3.8) is 0 Å². The van der Waals surface area contributed by atoms with Crippen LogP contribution in [0.4, 0.5) is 0 Å². The molecule has 166 valence electrons. The van der Waals surface area contributed by atoms with Gasteiger partial charge in [0.1, 0.15) is 18.0 Å². The van der Waals surface area contributed by atoms with E-state index >= 15 is 0 Å². The summed E-state index contributed by atoms with van der Waals surface area (Å²) < 4.78 is 5.99. The van der Waals surface area contributed by atoms with E-state index < -0.39 is 5.91 Å². The SMILES string of the molecule is NC(=O)c1cccc(-c2cnc3[nH]cc(C(=O)c4ccccc4OCc4ccccc4)c3c2)c1. The molecule has 5 rings (SSSR count). The van der Waals surface area contributed by atoms with E-state index in [0.29, 0.717) is 40.1 Å². The zero-order valence-corrected chi connectivity index (χ0v) is 18.2. The largest absolute Gasteiger partial charge is 0.488 e. The van der Waals surface area contributed by atoms with E-state index in [1.165, 1.54) is 0 Å². The van der Waals surface area contributed by atoms with E-state index in [9.17, 15) is 9.59 Å². The van der Waals surface area contributed by atoms with Gasteiger partial charge in [-0.25, -0.2) is 4.98 Å². The molecule has 0 bridgehead atoms. The average molecular weight is 447 g/mol. The second kappa shape index (κ2) is 9.03. The fourth-order valence-corrected chi connectivity index (χ4v) is 3.86. The average Bonchev–Trinajstić information content (AvgIpc) is 3.31. The first-order chi connectivity index (χ1) is 16.6. The molecule has 0 atom stereocenters. The number of nitrogens with zero attached hydrogens (tertiary/aromatic N) is 1. The maximum absolute atomic E-state index is 13.6. The Kier molecular flexibility index (Phi) is 5.62. The van der Waals surface area contributed by atoms with Crippen LogP contribution in [0.2, 0.25) is 0 Å². The number of rotatable bonds is 7. The summed E-state index contributed by atoms with van der Waals surface area (Å²) in [6.07, 6.45) is 3.36. The molecule has 1 amide bonds. The van der Waals surface area contributed by atoms with E-state index in [0.717, 1.165) is 16.7 Å². The highest BCUT2D eigenvalue weighted by Gasteiger charge is 2.19. The van der Waals surface area contributed by atoms with Gasteiger partial charge in [-0.15, -0.1) is 0 Å². The summed E-state index contributed by atoms with van der Waals surface area (Å²) in [5, 5.41) is 0.685. The molecule has 6 nitrogen and oxygen atoms in total. The highest BCUT2D eigenvalue weighted by atomic mass is 16.5. The van der Waals surface area contributed by atoms with Gasteiger partial charge in [-0.05, 0) is 41.5 Å². The minimum absolute atomic E-state index is 0.167. The van der Waals surface area contributed by atoms with Gasteiger partial charge in [0.15, 0.2) is 5.78 Å². The first kappa shape index (κ1) is 21.2. The van der Waals surface area contributed by atoms with Crippen molar-refractivity contribution >= 4 is 22.7 Å². The molecule has 3 N–H and O–H groups in total. The topological polar surface area (TPSA) is 98.1 Å². The number of nitrogens with two attached hydrogens (primary N) is 1. The molecule has 0 unspecified atom stereocenters. The Hall–Kier alpha value is -4.71. The fraction of sp³-hybridized carbons (Fsp3) is 0.0357. The molecule has 0 saturated heterocycles. The van der Waals surface area contributed by atoms with Crippen LogP contribution < -0.4 is 10.5 Å². The van der Waals surface area contributed by atoms with Crippen LogP contribution >= 0.6 is 0 Å². The number of carbonyl (C=O) groups excluding carboxylic acids is 2. The first-order valence-electron chi connectivity index (χ1n) is 10.8. The van der Waals surface area contributed by atoms with E-state index in [2.05, 4.69) is 9.97 Å². The van der Waals surface area contributed by atoms with Crippen molar-refractivity contribution in [2.45, 2.75) is 6.61 Å². The van der Waals surface area contributed by atoms with Crippen LogP contribution in [0.25, 0.3) is 22.2 Å². The minimum atomic E-state index is -0.500. The summed E-state index contributed by atoms with van der Waals surface area (Å²) in [6, 6.07) is 25.9. The fourth-order valence-electron chi connectivity index (χ4n) is 3.86. The van der Waals surface area contributed by atoms with Gasteiger partial charge < -0.3 is 15.5 Å². The molecular weight excluding hydrogens is 426 g/mol. The number of nitrogens with one attached hydrogen (secondary N) is 1. The van der Waals surface area contributed by atoms with Crippen LogP contribution in [0.15, 0.2) is 97.3 Å². The predicted molar refractivity (Wildman–Crippen MR) is 131 cm³/mol. The molecule has 0 aliphatic rings. The number of para-hydroxylation sites is 1. The summed E-state index contributed by atoms with van der Waals surface area (Å²) in [7, 11) is 0. The summed E-state index contributed by atoms with van der Waals surface area (Å²) in [6.45, 7) is 0.362. The number of aromatic nitrogens is 2. The Balaban J connectivity index is 1.49. The Morgan fingerprint density at radius 3 is 2.47 bits per heavy atom. The molecule has 0 radical (unpaired) electrons. The number of ketones is 1. The van der Waals surface area contributed by atoms with Gasteiger partial charge in [0, 0.05) is 34.5 Å². The molecule has 0 fully saturated rings. The molecule has 0 saturated carbocycles. The molecule has 3 aromatic carbocycles. The number of fused-ring (bicyclic) bond motifs is 1. The van der Waals surface area contributed by atoms with Crippen LogP contribution in [0, 0.1) is 0 Å². The molecule has 2 aromatic heterocycles. The summed E-state index contributed by atoms with van der Waals surface area (Å²) in [5.74, 6) is -0.149. The Bertz CT molecular complexity index is 1510. The molecule has 34 heavy (non-hydrogen) atoms. The molecule has 5 aromatic rings. The third-order valence-electron chi connectivity index (χ3n) is 5.62. The minimum Gasteiger partial charge on any atom is -0.488 e. The van der Waals surface area contributed by atoms with E-state index in [1.807, 2.05) is 54.6 Å². The van der Waals surface area contributed by atoms with Crippen molar-refractivity contribution in [1.29, 1.82) is 0 Å². The van der Waals surface area contributed by atoms with Crippen molar-refractivity contribution in [1.82, 2.24) is 9.97 Å². The zero-order valence-electron chi connectivity index (χ0n) is 18.2. The highest BCUT2D eigenvalue weighted by molar-refractivity contribution is 6.17. The zero-order chi connectivity index (χ0) is 23.5. The van der Waals surface area contributed by atoms with Gasteiger partial charge in [-0.3, -0.25) is 9.59 Å². The third kappa shape index (κ3) is 4.17. The molecule has 0 spiro atoms. The predicted octanol–water partition coefficient (Wildman–Crippen LogP) is 5.14. The lowest BCUT2D eigenvalue weighted by molar-refractivity contribution is 0.0998. The van der Waals surface area contributed by atoms with Gasteiger partial charge in [0.25, 0.3) is 0 Å². The lowest BCUT2D eigenvalue weighted by Gasteiger charge is -2.11. The molecule has 0 aliphatic carbocycles. The Morgan fingerprint density at radius 2 is 1.65 bits per heavy atom. The van der Waals surface area contributed by atoms with Crippen molar-refractivity contribution in [2.24, 2.45) is 5.73 Å². The number of primary amides is 1. The van der Waals surface area contributed by atoms with Gasteiger partial charge in [0.05, 0.1) is 5.56 Å². The number of benzene rings is 3. The summed E-state index contributed by atoms with van der Waals surface area (Å²) in [4.78, 5) is 32.7. The molecule has 6 heteroatoms. The van der Waals surface area contributed by atoms with Gasteiger partial charge in [0.2, 0.25) is 5.91 Å². The Morgan fingerprint density at radius 1 is 0.853 bits per heavy atom. The number of H-pyrrole nitrogens is 1. The number of amides is 1. The number of hydrogen-bond acceptors (Lipinski definition) is 4. The number of ether oxygens (including phenoxy) is 1. The van der Waals surface area contributed by atoms with E-state index in [-0.39, 0.29) is 5.78 Å². The number of pyridine rings is 1. The van der Waals surface area contributed by atoms with Crippen molar-refractivity contribution in [3.05, 3.63) is 120 Å². The Labute approximate surface area is 196 Å². The van der Waals surface area contributed by atoms with Crippen molar-refractivity contribution in [2.75, 3.05) is 0 Å². The van der Waals surface area contributed by atoms with Crippen LogP contribution in [-0.4, -0.2) is 21.7 Å². The first-order valence-corrected chi connectivity index (χ1v) is 10.8. The lowest BCUT2D eigenvalue weighted by atomic mass is 9.99. The van der Waals surface area contributed by atoms with Gasteiger partial charge >= 0.3 is 0 Å². The van der Waals surface area contributed by atoms with Crippen LogP contribution in [0.1, 0.15) is 31.8 Å². The second-order valence-electron chi connectivity index (χ2n) is 7.87. The summed E-state index contributed by atoms with van der Waals surface area (Å²) in [5.41, 5.74) is 9.98. The molecule has 0 aliphatic heterocycles. The highest BCUT2D eigenvalue weighted by Crippen LogP contribution is 2.29. The molecular formula is C28H21N3O3. The van der Waals surface area contributed by atoms with Crippen LogP contribution in [-0.2, 0) is 6.61 Å². The normalized spacial score (nSPS) is 10.8. The number of carbonyl (C=O) groups is 2. The monoisotopic (exact) mass is 447 g/mol. The van der Waals surface area contributed by atoms with E-state index in [1.54, 1.807) is 42.7 Å². The maximum Gasteiger partial charge on any atom is 0.248 e. The quantitative estimate of drug-likeness (QED) is 0.338. The number of hydrogen-bond donors (Lipinski definition) is 2. The van der Waals surface area contributed by atoms with Gasteiger partial charge in [-0.1, -0.05) is 54.6 Å². The third-order valence-corrected chi connectivity index (χ3v) is 5.62. The van der Waals surface area contributed by atoms with E-state index in [4.69, 9.17) is 10.5 Å². The van der Waals surface area contributed by atoms with Crippen molar-refractivity contribution in [3.8, 4) is 16.9 Å². The smallest absolute Gasteiger partial charge is 0.248 e. The summed E-state index contributed by atoms with van der Waals surface area (Å²) >= 11 is 0. The van der Waals surface area contributed by atoms with Crippen LogP contribution in [0.5, 0.6) is 5.75 Å². The van der Waals surface area contributed by atoms with Crippen LogP contribution in [0.3, 0.4) is 0 Å². The number of aromatic amines is 1. The molecule has 2 heterocycles. The lowest BCUT2D eigenvalue weighted by Crippen LogP contribution is -2.10. The van der Waals surface area contributed by atoms with Crippen molar-refractivity contribution < 1.29 is 14.3 Å². The second-order valence-corrected chi connectivity index (χ2v) is 7.87. The standard InChI is InChI=1S/C28H21N3O3/c29-27(33)20-10-6-9-19(13-20)21-14-23-24(16-31-28(23)30-15-21)26(32)22-11-4-5-12-25(22)34-17-18-7-2-1-3-8-18/h1-16H,17H2,(H2,29,33)(H,30,31).